The van der Waals surface area contributed by atoms with Gasteiger partial charge in [0, 0.05) is 5.56 Å². The highest BCUT2D eigenvalue weighted by atomic mass is 35.5. The maximum Gasteiger partial charge on any atom is 0.126 e. The average molecular weight is 186 g/mol. The monoisotopic (exact) mass is 185 g/mol. The maximum atomic E-state index is 5.87. The van der Waals surface area contributed by atoms with Gasteiger partial charge in [0.05, 0.1) is 17.8 Å². The second-order valence-electron chi connectivity index (χ2n) is 2.75. The number of anilines is 1. The average Bonchev–Trinajstić information content (AvgIpc) is 2.01. The number of halogens is 1. The van der Waals surface area contributed by atoms with E-state index in [4.69, 9.17) is 22.1 Å². The van der Waals surface area contributed by atoms with Gasteiger partial charge in [-0.15, -0.1) is 0 Å². The molecule has 3 heteroatoms. The fourth-order valence-corrected chi connectivity index (χ4v) is 1.55. The van der Waals surface area contributed by atoms with Crippen molar-refractivity contribution in [2.45, 2.75) is 13.8 Å². The summed E-state index contributed by atoms with van der Waals surface area (Å²) in [6, 6.07) is 1.81. The van der Waals surface area contributed by atoms with E-state index in [0.717, 1.165) is 16.9 Å². The molecule has 0 aliphatic rings. The molecule has 0 aliphatic carbocycles. The van der Waals surface area contributed by atoms with Crippen LogP contribution >= 0.6 is 11.6 Å². The minimum Gasteiger partial charge on any atom is -0.496 e. The Bertz CT molecular complexity index is 310. The summed E-state index contributed by atoms with van der Waals surface area (Å²) in [7, 11) is 1.63. The third-order valence-corrected chi connectivity index (χ3v) is 2.22. The molecule has 0 fully saturated rings. The number of hydrogen-bond acceptors (Lipinski definition) is 2. The Kier molecular flexibility index (Phi) is 2.48. The molecule has 2 nitrogen and oxygen atoms in total. The first kappa shape index (κ1) is 9.20. The van der Waals surface area contributed by atoms with Crippen molar-refractivity contribution in [1.29, 1.82) is 0 Å². The van der Waals surface area contributed by atoms with Crippen LogP contribution in [-0.4, -0.2) is 7.11 Å². The maximum absolute atomic E-state index is 5.87. The van der Waals surface area contributed by atoms with Crippen LogP contribution in [0.1, 0.15) is 11.1 Å². The zero-order valence-corrected chi connectivity index (χ0v) is 8.20. The van der Waals surface area contributed by atoms with Crippen molar-refractivity contribution in [2.75, 3.05) is 12.8 Å². The largest absolute Gasteiger partial charge is 0.496 e. The summed E-state index contributed by atoms with van der Waals surface area (Å²) in [5.41, 5.74) is 8.23. The normalized spacial score (nSPS) is 10.0. The first-order valence-electron chi connectivity index (χ1n) is 3.67. The molecular weight excluding hydrogens is 174 g/mol. The Balaban J connectivity index is 3.40. The number of aryl methyl sites for hydroxylation is 1. The first-order valence-corrected chi connectivity index (χ1v) is 4.05. The lowest BCUT2D eigenvalue weighted by atomic mass is 10.1. The van der Waals surface area contributed by atoms with Gasteiger partial charge in [0.25, 0.3) is 0 Å². The molecule has 1 rings (SSSR count). The molecule has 0 radical (unpaired) electrons. The lowest BCUT2D eigenvalue weighted by Gasteiger charge is -2.11. The summed E-state index contributed by atoms with van der Waals surface area (Å²) in [4.78, 5) is 0. The second-order valence-corrected chi connectivity index (χ2v) is 3.15. The Labute approximate surface area is 77.3 Å². The highest BCUT2D eigenvalue weighted by Gasteiger charge is 2.09. The molecule has 12 heavy (non-hydrogen) atoms. The van der Waals surface area contributed by atoms with Crippen LogP contribution in [0.3, 0.4) is 0 Å². The van der Waals surface area contributed by atoms with Gasteiger partial charge < -0.3 is 10.5 Å². The minimum atomic E-state index is 0.589. The van der Waals surface area contributed by atoms with Crippen LogP contribution in [0.2, 0.25) is 5.02 Å². The molecule has 0 unspecified atom stereocenters. The minimum absolute atomic E-state index is 0.589. The lowest BCUT2D eigenvalue weighted by Crippen LogP contribution is -1.97. The van der Waals surface area contributed by atoms with Crippen LogP contribution in [-0.2, 0) is 0 Å². The number of nitrogens with two attached hydrogens (primary N) is 1. The third-order valence-electron chi connectivity index (χ3n) is 1.91. The Morgan fingerprint density at radius 3 is 2.50 bits per heavy atom. The van der Waals surface area contributed by atoms with E-state index in [-0.39, 0.29) is 0 Å². The smallest absolute Gasteiger partial charge is 0.126 e. The van der Waals surface area contributed by atoms with Gasteiger partial charge in [0.15, 0.2) is 0 Å². The van der Waals surface area contributed by atoms with Crippen LogP contribution in [0.5, 0.6) is 5.75 Å². The Morgan fingerprint density at radius 1 is 1.42 bits per heavy atom. The quantitative estimate of drug-likeness (QED) is 0.683. The van der Waals surface area contributed by atoms with Crippen molar-refractivity contribution in [3.8, 4) is 5.75 Å². The van der Waals surface area contributed by atoms with Crippen molar-refractivity contribution in [3.63, 3.8) is 0 Å². The fourth-order valence-electron chi connectivity index (χ4n) is 1.24. The molecule has 1 aromatic carbocycles. The van der Waals surface area contributed by atoms with E-state index < -0.39 is 0 Å². The molecule has 0 amide bonds. The van der Waals surface area contributed by atoms with E-state index in [0.29, 0.717) is 10.7 Å². The SMILES string of the molecule is COc1c(C)cc(Cl)c(N)c1C. The first-order chi connectivity index (χ1) is 5.57. The molecule has 2 N–H and O–H groups in total. The van der Waals surface area contributed by atoms with Crippen LogP contribution in [0.15, 0.2) is 6.07 Å². The van der Waals surface area contributed by atoms with Crippen LogP contribution in [0.25, 0.3) is 0 Å². The van der Waals surface area contributed by atoms with Crippen LogP contribution in [0, 0.1) is 13.8 Å². The predicted molar refractivity (Wildman–Crippen MR) is 51.9 cm³/mol. The summed E-state index contributed by atoms with van der Waals surface area (Å²) in [6.07, 6.45) is 0. The van der Waals surface area contributed by atoms with Gasteiger partial charge in [0.2, 0.25) is 0 Å². The fraction of sp³-hybridized carbons (Fsp3) is 0.333. The summed E-state index contributed by atoms with van der Waals surface area (Å²) in [5, 5.41) is 0.589. The standard InChI is InChI=1S/C9H12ClNO/c1-5-4-7(10)8(11)6(2)9(5)12-3/h4H,11H2,1-3H3. The summed E-state index contributed by atoms with van der Waals surface area (Å²) < 4.78 is 5.17. The van der Waals surface area contributed by atoms with E-state index in [2.05, 4.69) is 0 Å². The molecule has 0 saturated carbocycles. The second kappa shape index (κ2) is 3.23. The van der Waals surface area contributed by atoms with Gasteiger partial charge in [-0.25, -0.2) is 0 Å². The van der Waals surface area contributed by atoms with Crippen LogP contribution < -0.4 is 10.5 Å². The molecular formula is C9H12ClNO. The third kappa shape index (κ3) is 1.34. The highest BCUT2D eigenvalue weighted by molar-refractivity contribution is 6.33. The summed E-state index contributed by atoms with van der Waals surface area (Å²) >= 11 is 5.87. The zero-order chi connectivity index (χ0) is 9.30. The van der Waals surface area contributed by atoms with Crippen molar-refractivity contribution in [1.82, 2.24) is 0 Å². The number of methoxy groups -OCH3 is 1. The molecule has 0 atom stereocenters. The van der Waals surface area contributed by atoms with E-state index in [1.807, 2.05) is 19.9 Å². The van der Waals surface area contributed by atoms with Gasteiger partial charge in [-0.3, -0.25) is 0 Å². The summed E-state index contributed by atoms with van der Waals surface area (Å²) in [5.74, 6) is 0.817. The van der Waals surface area contributed by atoms with E-state index in [1.165, 1.54) is 0 Å². The molecule has 0 bridgehead atoms. The zero-order valence-electron chi connectivity index (χ0n) is 7.44. The van der Waals surface area contributed by atoms with Gasteiger partial charge in [0.1, 0.15) is 5.75 Å². The van der Waals surface area contributed by atoms with E-state index in [9.17, 15) is 0 Å². The summed E-state index contributed by atoms with van der Waals surface area (Å²) in [6.45, 7) is 3.84. The van der Waals surface area contributed by atoms with E-state index in [1.54, 1.807) is 7.11 Å². The molecule has 0 spiro atoms. The van der Waals surface area contributed by atoms with Gasteiger partial charge in [-0.2, -0.15) is 0 Å². The molecule has 0 aliphatic heterocycles. The van der Waals surface area contributed by atoms with Crippen molar-refractivity contribution >= 4 is 17.3 Å². The molecule has 66 valence electrons. The van der Waals surface area contributed by atoms with Crippen molar-refractivity contribution in [3.05, 3.63) is 22.2 Å². The Hall–Kier alpha value is -0.890. The number of hydrogen-bond donors (Lipinski definition) is 1. The van der Waals surface area contributed by atoms with Gasteiger partial charge in [-0.05, 0) is 25.5 Å². The van der Waals surface area contributed by atoms with Crippen molar-refractivity contribution < 1.29 is 4.74 Å². The lowest BCUT2D eigenvalue weighted by molar-refractivity contribution is 0.409. The number of nitrogen functional groups attached to an aromatic ring is 1. The number of benzene rings is 1. The molecule has 0 aromatic heterocycles. The molecule has 0 heterocycles. The van der Waals surface area contributed by atoms with Crippen molar-refractivity contribution in [2.24, 2.45) is 0 Å². The number of rotatable bonds is 1. The predicted octanol–water partition coefficient (Wildman–Crippen LogP) is 2.55. The van der Waals surface area contributed by atoms with Crippen LogP contribution in [0.4, 0.5) is 5.69 Å². The highest BCUT2D eigenvalue weighted by Crippen LogP contribution is 2.33. The molecule has 0 saturated heterocycles. The number of ether oxygens (including phenoxy) is 1. The topological polar surface area (TPSA) is 35.2 Å². The Morgan fingerprint density at radius 2 is 2.00 bits per heavy atom. The van der Waals surface area contributed by atoms with Gasteiger partial charge in [-0.1, -0.05) is 11.6 Å². The van der Waals surface area contributed by atoms with E-state index >= 15 is 0 Å². The molecule has 1 aromatic rings. The van der Waals surface area contributed by atoms with Gasteiger partial charge >= 0.3 is 0 Å².